The van der Waals surface area contributed by atoms with Crippen LogP contribution in [0.3, 0.4) is 0 Å². The summed E-state index contributed by atoms with van der Waals surface area (Å²) < 4.78 is 2.07. The summed E-state index contributed by atoms with van der Waals surface area (Å²) in [5.74, 6) is 0.705. The smallest absolute Gasteiger partial charge is 0.184 e. The normalized spacial score (nSPS) is 11.3. The van der Waals surface area contributed by atoms with Crippen molar-refractivity contribution in [1.82, 2.24) is 19.4 Å². The number of thiazole rings is 1. The van der Waals surface area contributed by atoms with Crippen LogP contribution in [-0.4, -0.2) is 19.4 Å². The molecule has 0 radical (unpaired) electrons. The van der Waals surface area contributed by atoms with Gasteiger partial charge in [-0.05, 0) is 5.56 Å². The van der Waals surface area contributed by atoms with E-state index in [1.165, 1.54) is 5.56 Å². The Balaban J connectivity index is 2.06. The van der Waals surface area contributed by atoms with Crippen LogP contribution in [0.4, 0.5) is 0 Å². The van der Waals surface area contributed by atoms with E-state index in [9.17, 15) is 0 Å². The summed E-state index contributed by atoms with van der Waals surface area (Å²) in [6.45, 7) is 0. The Bertz CT molecular complexity index is 787. The largest absolute Gasteiger partial charge is 0.289 e. The van der Waals surface area contributed by atoms with E-state index >= 15 is 0 Å². The standard InChI is InChI=1S/C13H8N4S/c1-2-4-9(5-3-1)10-6-18-13-11-12(15-7-14-11)16-8-17(10)13/h1-8H. The van der Waals surface area contributed by atoms with Crippen molar-refractivity contribution in [2.75, 3.05) is 0 Å². The van der Waals surface area contributed by atoms with E-state index in [1.54, 1.807) is 17.7 Å². The molecule has 0 saturated heterocycles. The molecular formula is C13H8N4S. The van der Waals surface area contributed by atoms with Gasteiger partial charge in [0.05, 0.1) is 5.69 Å². The minimum atomic E-state index is 0.705. The third kappa shape index (κ3) is 1.28. The van der Waals surface area contributed by atoms with Crippen molar-refractivity contribution in [3.8, 4) is 22.8 Å². The molecule has 1 aromatic carbocycles. The summed E-state index contributed by atoms with van der Waals surface area (Å²) in [6.07, 6.45) is 3.37. The molecule has 0 aliphatic carbocycles. The maximum Gasteiger partial charge on any atom is 0.184 e. The fraction of sp³-hybridized carbons (Fsp3) is 0. The zero-order valence-electron chi connectivity index (χ0n) is 9.32. The van der Waals surface area contributed by atoms with Crippen molar-refractivity contribution in [3.05, 3.63) is 48.4 Å². The third-order valence-electron chi connectivity index (χ3n) is 2.91. The van der Waals surface area contributed by atoms with Gasteiger partial charge in [-0.25, -0.2) is 15.0 Å². The number of rotatable bonds is 1. The number of fused-ring (bicyclic) bond motifs is 3. The Morgan fingerprint density at radius 1 is 1.00 bits per heavy atom. The van der Waals surface area contributed by atoms with Gasteiger partial charge < -0.3 is 0 Å². The summed E-state index contributed by atoms with van der Waals surface area (Å²) in [6, 6.07) is 10.3. The van der Waals surface area contributed by atoms with Crippen molar-refractivity contribution in [3.63, 3.8) is 0 Å². The molecule has 0 amide bonds. The lowest BCUT2D eigenvalue weighted by Gasteiger charge is -2.03. The van der Waals surface area contributed by atoms with Gasteiger partial charge in [0.2, 0.25) is 0 Å². The highest BCUT2D eigenvalue weighted by molar-refractivity contribution is 7.16. The molecule has 5 heteroatoms. The minimum Gasteiger partial charge on any atom is -0.289 e. The molecule has 1 aromatic heterocycles. The highest BCUT2D eigenvalue weighted by atomic mass is 32.1. The molecule has 4 rings (SSSR count). The average molecular weight is 252 g/mol. The van der Waals surface area contributed by atoms with E-state index < -0.39 is 0 Å². The lowest BCUT2D eigenvalue weighted by atomic mass is 10.2. The second-order valence-corrected chi connectivity index (χ2v) is 4.81. The number of imidazole rings is 1. The van der Waals surface area contributed by atoms with Crippen LogP contribution in [0.25, 0.3) is 27.6 Å². The number of hydrogen-bond acceptors (Lipinski definition) is 4. The number of benzene rings is 1. The Hall–Kier alpha value is -2.27. The highest BCUT2D eigenvalue weighted by Gasteiger charge is 2.15. The lowest BCUT2D eigenvalue weighted by Crippen LogP contribution is -1.94. The molecule has 4 nitrogen and oxygen atoms in total. The van der Waals surface area contributed by atoms with E-state index in [0.717, 1.165) is 16.2 Å². The monoisotopic (exact) mass is 252 g/mol. The van der Waals surface area contributed by atoms with E-state index in [2.05, 4.69) is 36.9 Å². The van der Waals surface area contributed by atoms with Crippen LogP contribution in [0.15, 0.2) is 48.4 Å². The first-order valence-corrected chi connectivity index (χ1v) is 6.42. The second kappa shape index (κ2) is 3.61. The minimum absolute atomic E-state index is 0.705. The second-order valence-electron chi connectivity index (χ2n) is 3.95. The van der Waals surface area contributed by atoms with Crippen LogP contribution in [0.1, 0.15) is 0 Å². The van der Waals surface area contributed by atoms with Crippen LogP contribution < -0.4 is 0 Å². The van der Waals surface area contributed by atoms with Crippen molar-refractivity contribution in [1.29, 1.82) is 0 Å². The number of aromatic nitrogens is 4. The van der Waals surface area contributed by atoms with Crippen LogP contribution in [0, 0.1) is 0 Å². The van der Waals surface area contributed by atoms with Gasteiger partial charge in [0, 0.05) is 5.38 Å². The topological polar surface area (TPSA) is 43.1 Å². The molecule has 18 heavy (non-hydrogen) atoms. The van der Waals surface area contributed by atoms with Crippen molar-refractivity contribution >= 4 is 16.2 Å². The lowest BCUT2D eigenvalue weighted by molar-refractivity contribution is 1.08. The quantitative estimate of drug-likeness (QED) is 0.523. The SMILES string of the molecule is c1ccc(-c2csc3c4ncnc-4ncn23)cc1. The maximum absolute atomic E-state index is 4.32. The molecule has 0 atom stereocenters. The third-order valence-corrected chi connectivity index (χ3v) is 3.86. The fourth-order valence-electron chi connectivity index (χ4n) is 2.05. The van der Waals surface area contributed by atoms with Crippen LogP contribution in [0.5, 0.6) is 0 Å². The average Bonchev–Trinajstić information content (AvgIpc) is 3.05. The molecule has 0 fully saturated rings. The molecule has 0 bridgehead atoms. The number of hydrogen-bond donors (Lipinski definition) is 0. The van der Waals surface area contributed by atoms with Gasteiger partial charge in [0.1, 0.15) is 23.2 Å². The molecule has 0 saturated carbocycles. The van der Waals surface area contributed by atoms with Gasteiger partial charge in [-0.2, -0.15) is 0 Å². The molecular weight excluding hydrogens is 244 g/mol. The van der Waals surface area contributed by atoms with E-state index in [1.807, 2.05) is 24.5 Å². The van der Waals surface area contributed by atoms with E-state index in [-0.39, 0.29) is 0 Å². The highest BCUT2D eigenvalue weighted by Crippen LogP contribution is 2.31. The van der Waals surface area contributed by atoms with Gasteiger partial charge in [0.25, 0.3) is 0 Å². The van der Waals surface area contributed by atoms with Gasteiger partial charge in [-0.1, -0.05) is 30.3 Å². The van der Waals surface area contributed by atoms with Crippen LogP contribution >= 0.6 is 11.3 Å². The molecule has 0 spiro atoms. The summed E-state index contributed by atoms with van der Waals surface area (Å²) in [5.41, 5.74) is 3.17. The Kier molecular flexibility index (Phi) is 1.95. The maximum atomic E-state index is 4.32. The fourth-order valence-corrected chi connectivity index (χ4v) is 3.04. The van der Waals surface area contributed by atoms with Crippen LogP contribution in [0.2, 0.25) is 0 Å². The van der Waals surface area contributed by atoms with Gasteiger partial charge in [0.15, 0.2) is 5.82 Å². The zero-order chi connectivity index (χ0) is 11.9. The molecule has 0 unspecified atom stereocenters. The predicted octanol–water partition coefficient (Wildman–Crippen LogP) is 2.96. The molecule has 2 aliphatic heterocycles. The van der Waals surface area contributed by atoms with E-state index in [0.29, 0.717) is 5.82 Å². The predicted molar refractivity (Wildman–Crippen MR) is 70.7 cm³/mol. The molecule has 86 valence electrons. The van der Waals surface area contributed by atoms with Gasteiger partial charge >= 0.3 is 0 Å². The first kappa shape index (κ1) is 9.73. The Morgan fingerprint density at radius 3 is 2.78 bits per heavy atom. The molecule has 3 heterocycles. The Labute approximate surface area is 107 Å². The summed E-state index contributed by atoms with van der Waals surface area (Å²) in [5, 5.41) is 2.13. The van der Waals surface area contributed by atoms with Crippen molar-refractivity contribution < 1.29 is 0 Å². The van der Waals surface area contributed by atoms with Gasteiger partial charge in [-0.15, -0.1) is 11.3 Å². The summed E-state index contributed by atoms with van der Waals surface area (Å²) in [7, 11) is 0. The van der Waals surface area contributed by atoms with E-state index in [4.69, 9.17) is 0 Å². The summed E-state index contributed by atoms with van der Waals surface area (Å²) >= 11 is 1.66. The molecule has 2 aliphatic rings. The van der Waals surface area contributed by atoms with Gasteiger partial charge in [-0.3, -0.25) is 4.40 Å². The zero-order valence-corrected chi connectivity index (χ0v) is 10.1. The number of nitrogens with zero attached hydrogens (tertiary/aromatic N) is 4. The molecule has 2 aromatic rings. The first-order chi connectivity index (χ1) is 8.93. The first-order valence-electron chi connectivity index (χ1n) is 5.54. The van der Waals surface area contributed by atoms with Crippen molar-refractivity contribution in [2.45, 2.75) is 0 Å². The Morgan fingerprint density at radius 2 is 1.89 bits per heavy atom. The van der Waals surface area contributed by atoms with Crippen LogP contribution in [-0.2, 0) is 0 Å². The van der Waals surface area contributed by atoms with Crippen molar-refractivity contribution in [2.24, 2.45) is 0 Å². The molecule has 0 N–H and O–H groups in total. The summed E-state index contributed by atoms with van der Waals surface area (Å²) in [4.78, 5) is 13.8.